The highest BCUT2D eigenvalue weighted by atomic mass is 35.5. The number of ether oxygens (including phenoxy) is 1. The minimum Gasteiger partial charge on any atom is -0.480 e. The van der Waals surface area contributed by atoms with Gasteiger partial charge in [0.05, 0.1) is 12.2 Å². The number of hydrogen-bond donors (Lipinski definition) is 1. The van der Waals surface area contributed by atoms with Crippen LogP contribution in [0.1, 0.15) is 25.0 Å². The molecule has 194 valence electrons. The number of halogens is 4. The van der Waals surface area contributed by atoms with Gasteiger partial charge >= 0.3 is 12.1 Å². The number of aromatic nitrogens is 2. The fourth-order valence-corrected chi connectivity index (χ4v) is 4.15. The highest BCUT2D eigenvalue weighted by Gasteiger charge is 2.31. The predicted octanol–water partition coefficient (Wildman–Crippen LogP) is 6.19. The molecule has 0 atom stereocenters. The second kappa shape index (κ2) is 12.4. The molecular weight excluding hydrogens is 515 g/mol. The minimum atomic E-state index is -4.46. The number of hydrogen-bond acceptors (Lipinski definition) is 6. The number of carboxylic acids is 1. The molecule has 11 heteroatoms. The third-order valence-corrected chi connectivity index (χ3v) is 6.36. The Morgan fingerprint density at radius 2 is 1.81 bits per heavy atom. The molecule has 0 aliphatic heterocycles. The van der Waals surface area contributed by atoms with Gasteiger partial charge in [0.2, 0.25) is 0 Å². The summed E-state index contributed by atoms with van der Waals surface area (Å²) in [5, 5.41) is 9.34. The number of carbonyl (C=O) groups is 1. The first-order valence-corrected chi connectivity index (χ1v) is 11.6. The van der Waals surface area contributed by atoms with Crippen LogP contribution in [0, 0.1) is 0 Å². The number of rotatable bonds is 10. The van der Waals surface area contributed by atoms with Gasteiger partial charge in [-0.1, -0.05) is 24.3 Å². The summed E-state index contributed by atoms with van der Waals surface area (Å²) in [6, 6.07) is 14.2. The zero-order valence-electron chi connectivity index (χ0n) is 20.0. The molecule has 0 saturated heterocycles. The van der Waals surface area contributed by atoms with Crippen LogP contribution in [0.15, 0.2) is 65.7 Å². The van der Waals surface area contributed by atoms with Gasteiger partial charge in [-0.2, -0.15) is 13.2 Å². The van der Waals surface area contributed by atoms with Crippen LogP contribution in [0.5, 0.6) is 0 Å². The van der Waals surface area contributed by atoms with E-state index in [0.717, 1.165) is 22.6 Å². The minimum absolute atomic E-state index is 0. The molecule has 0 aliphatic carbocycles. The lowest BCUT2D eigenvalue weighted by molar-refractivity contribution is -0.139. The molecule has 2 aromatic carbocycles. The first kappa shape index (κ1) is 29.4. The van der Waals surface area contributed by atoms with Crippen LogP contribution in [0.4, 0.5) is 19.0 Å². The molecule has 0 saturated carbocycles. The Bertz CT molecular complexity index is 1160. The van der Waals surface area contributed by atoms with Crippen LogP contribution in [0.3, 0.4) is 0 Å². The van der Waals surface area contributed by atoms with Crippen LogP contribution >= 0.6 is 24.2 Å². The van der Waals surface area contributed by atoms with Crippen molar-refractivity contribution >= 4 is 36.0 Å². The standard InChI is InChI=1S/C25H26F3N3O3S.ClH/c1-24(2,23(32)33)35-20-9-7-17(8-10-20)16-31(13-14-34-3)21-11-12-29-22(30-21)18-5-4-6-19(15-18)25(26,27)28;/h4-12,15H,13-14,16H2,1-3H3,(H,32,33);1H. The van der Waals surface area contributed by atoms with Crippen molar-refractivity contribution in [2.75, 3.05) is 25.2 Å². The van der Waals surface area contributed by atoms with E-state index in [2.05, 4.69) is 9.97 Å². The largest absolute Gasteiger partial charge is 0.480 e. The first-order valence-electron chi connectivity index (χ1n) is 10.8. The van der Waals surface area contributed by atoms with Crippen molar-refractivity contribution in [1.82, 2.24) is 9.97 Å². The van der Waals surface area contributed by atoms with Crippen molar-refractivity contribution < 1.29 is 27.8 Å². The van der Waals surface area contributed by atoms with Crippen LogP contribution in [0.2, 0.25) is 0 Å². The summed E-state index contributed by atoms with van der Waals surface area (Å²) in [4.78, 5) is 22.9. The highest BCUT2D eigenvalue weighted by Crippen LogP contribution is 2.33. The van der Waals surface area contributed by atoms with Gasteiger partial charge in [-0.3, -0.25) is 4.79 Å². The Labute approximate surface area is 218 Å². The van der Waals surface area contributed by atoms with Crippen molar-refractivity contribution in [2.45, 2.75) is 36.2 Å². The Morgan fingerprint density at radius 1 is 1.11 bits per heavy atom. The van der Waals surface area contributed by atoms with Crippen LogP contribution in [0.25, 0.3) is 11.4 Å². The smallest absolute Gasteiger partial charge is 0.416 e. The van der Waals surface area contributed by atoms with E-state index in [1.165, 1.54) is 24.0 Å². The van der Waals surface area contributed by atoms with Crippen molar-refractivity contribution in [3.05, 3.63) is 71.9 Å². The van der Waals surface area contributed by atoms with Gasteiger partial charge in [-0.05, 0) is 49.7 Å². The van der Waals surface area contributed by atoms with Crippen molar-refractivity contribution in [2.24, 2.45) is 0 Å². The molecule has 1 N–H and O–H groups in total. The average molecular weight is 542 g/mol. The van der Waals surface area contributed by atoms with Gasteiger partial charge in [0.1, 0.15) is 10.6 Å². The monoisotopic (exact) mass is 541 g/mol. The number of nitrogens with zero attached hydrogens (tertiary/aromatic N) is 3. The lowest BCUT2D eigenvalue weighted by Crippen LogP contribution is -2.28. The maximum atomic E-state index is 13.1. The summed E-state index contributed by atoms with van der Waals surface area (Å²) in [5.74, 6) is -0.147. The Hall–Kier alpha value is -2.82. The maximum Gasteiger partial charge on any atom is 0.416 e. The zero-order valence-corrected chi connectivity index (χ0v) is 21.6. The van der Waals surface area contributed by atoms with E-state index in [1.807, 2.05) is 29.2 Å². The van der Waals surface area contributed by atoms with E-state index in [1.54, 1.807) is 33.1 Å². The third-order valence-electron chi connectivity index (χ3n) is 5.16. The lowest BCUT2D eigenvalue weighted by Gasteiger charge is -2.24. The molecule has 0 bridgehead atoms. The number of carboxylic acid groups (broad SMARTS) is 1. The molecule has 1 heterocycles. The summed E-state index contributed by atoms with van der Waals surface area (Å²) >= 11 is 1.26. The molecule has 3 aromatic rings. The van der Waals surface area contributed by atoms with E-state index in [-0.39, 0.29) is 23.8 Å². The summed E-state index contributed by atoms with van der Waals surface area (Å²) < 4.78 is 43.7. The molecule has 0 spiro atoms. The third kappa shape index (κ3) is 7.84. The van der Waals surface area contributed by atoms with Crippen LogP contribution in [-0.4, -0.2) is 46.1 Å². The molecule has 0 amide bonds. The fourth-order valence-electron chi connectivity index (χ4n) is 3.20. The molecule has 36 heavy (non-hydrogen) atoms. The summed E-state index contributed by atoms with van der Waals surface area (Å²) in [6.07, 6.45) is -2.94. The summed E-state index contributed by atoms with van der Waals surface area (Å²) in [7, 11) is 1.59. The molecule has 1 aromatic heterocycles. The van der Waals surface area contributed by atoms with Gasteiger partial charge in [0.25, 0.3) is 0 Å². The summed E-state index contributed by atoms with van der Waals surface area (Å²) in [6.45, 7) is 4.69. The van der Waals surface area contributed by atoms with Crippen LogP contribution in [-0.2, 0) is 22.3 Å². The molecular formula is C25H27ClF3N3O3S. The second-order valence-corrected chi connectivity index (χ2v) is 9.99. The molecule has 0 fully saturated rings. The first-order chi connectivity index (χ1) is 16.5. The molecule has 6 nitrogen and oxygen atoms in total. The SMILES string of the molecule is COCCN(Cc1ccc(SC(C)(C)C(=O)O)cc1)c1ccnc(-c2cccc(C(F)(F)F)c2)n1.Cl. The van der Waals surface area contributed by atoms with Gasteiger partial charge in [-0.15, -0.1) is 24.2 Å². The predicted molar refractivity (Wildman–Crippen MR) is 137 cm³/mol. The highest BCUT2D eigenvalue weighted by molar-refractivity contribution is 8.01. The maximum absolute atomic E-state index is 13.1. The number of benzene rings is 2. The lowest BCUT2D eigenvalue weighted by atomic mass is 10.1. The van der Waals surface area contributed by atoms with Crippen molar-refractivity contribution in [1.29, 1.82) is 0 Å². The number of anilines is 1. The van der Waals surface area contributed by atoms with Gasteiger partial charge in [0, 0.05) is 36.9 Å². The van der Waals surface area contributed by atoms with E-state index in [9.17, 15) is 23.1 Å². The van der Waals surface area contributed by atoms with E-state index >= 15 is 0 Å². The van der Waals surface area contributed by atoms with E-state index in [4.69, 9.17) is 4.74 Å². The normalized spacial score (nSPS) is 11.6. The molecule has 3 rings (SSSR count). The average Bonchev–Trinajstić information content (AvgIpc) is 2.82. The van der Waals surface area contributed by atoms with Gasteiger partial charge in [0.15, 0.2) is 5.82 Å². The molecule has 0 aliphatic rings. The number of thioether (sulfide) groups is 1. The zero-order chi connectivity index (χ0) is 25.6. The molecule has 0 unspecified atom stereocenters. The Balaban J connectivity index is 0.00000456. The number of aliphatic carboxylic acids is 1. The van der Waals surface area contributed by atoms with Gasteiger partial charge in [-0.25, -0.2) is 9.97 Å². The Kier molecular flexibility index (Phi) is 10.2. The van der Waals surface area contributed by atoms with E-state index < -0.39 is 22.5 Å². The van der Waals surface area contributed by atoms with Crippen LogP contribution < -0.4 is 4.90 Å². The number of alkyl halides is 3. The van der Waals surface area contributed by atoms with Crippen molar-refractivity contribution in [3.63, 3.8) is 0 Å². The molecule has 0 radical (unpaired) electrons. The van der Waals surface area contributed by atoms with Crippen molar-refractivity contribution in [3.8, 4) is 11.4 Å². The van der Waals surface area contributed by atoms with E-state index in [0.29, 0.717) is 25.5 Å². The fraction of sp³-hybridized carbons (Fsp3) is 0.320. The second-order valence-electron chi connectivity index (χ2n) is 8.29. The topological polar surface area (TPSA) is 75.5 Å². The summed E-state index contributed by atoms with van der Waals surface area (Å²) in [5.41, 5.74) is 0.470. The quantitative estimate of drug-likeness (QED) is 0.307. The Morgan fingerprint density at radius 3 is 2.42 bits per heavy atom. The van der Waals surface area contributed by atoms with Gasteiger partial charge < -0.3 is 14.7 Å². The number of methoxy groups -OCH3 is 1.